The van der Waals surface area contributed by atoms with Crippen molar-refractivity contribution in [3.05, 3.63) is 66.5 Å². The van der Waals surface area contributed by atoms with Crippen molar-refractivity contribution in [2.45, 2.75) is 6.42 Å². The highest BCUT2D eigenvalue weighted by Gasteiger charge is 2.14. The molecule has 0 aliphatic carbocycles. The summed E-state index contributed by atoms with van der Waals surface area (Å²) in [5.41, 5.74) is 1.33. The van der Waals surface area contributed by atoms with E-state index in [0.717, 1.165) is 5.56 Å². The van der Waals surface area contributed by atoms with Gasteiger partial charge in [0.05, 0.1) is 24.5 Å². The summed E-state index contributed by atoms with van der Waals surface area (Å²) in [5, 5.41) is 2.76. The van der Waals surface area contributed by atoms with Gasteiger partial charge in [-0.05, 0) is 29.8 Å². The van der Waals surface area contributed by atoms with Gasteiger partial charge in [-0.2, -0.15) is 0 Å². The summed E-state index contributed by atoms with van der Waals surface area (Å²) >= 11 is 0. The number of hydrogen-bond donors (Lipinski definition) is 1. The minimum atomic E-state index is -0.177. The number of nitrogens with zero attached hydrogens (tertiary/aromatic N) is 2. The van der Waals surface area contributed by atoms with Crippen molar-refractivity contribution in [3.8, 4) is 23.3 Å². The Labute approximate surface area is 149 Å². The monoisotopic (exact) mass is 349 g/mol. The highest BCUT2D eigenvalue weighted by Crippen LogP contribution is 2.32. The summed E-state index contributed by atoms with van der Waals surface area (Å²) in [6.07, 6.45) is 3.21. The first-order valence-corrected chi connectivity index (χ1v) is 7.99. The second-order valence-electron chi connectivity index (χ2n) is 5.58. The van der Waals surface area contributed by atoms with Crippen LogP contribution in [0.4, 0.5) is 5.69 Å². The maximum Gasteiger partial charge on any atom is 0.322 e. The topological polar surface area (TPSA) is 82.6 Å². The van der Waals surface area contributed by atoms with E-state index in [9.17, 15) is 4.79 Å². The van der Waals surface area contributed by atoms with E-state index in [4.69, 9.17) is 14.2 Å². The van der Waals surface area contributed by atoms with E-state index in [-0.39, 0.29) is 25.1 Å². The molecular formula is C19H15N3O4. The molecule has 3 aromatic rings. The maximum absolute atomic E-state index is 12.2. The van der Waals surface area contributed by atoms with Gasteiger partial charge in [-0.3, -0.25) is 4.79 Å². The van der Waals surface area contributed by atoms with Crippen LogP contribution in [-0.2, 0) is 11.2 Å². The van der Waals surface area contributed by atoms with Crippen LogP contribution in [0, 0.1) is 0 Å². The fourth-order valence-electron chi connectivity index (χ4n) is 2.47. The molecule has 0 radical (unpaired) electrons. The molecule has 2 aromatic carbocycles. The summed E-state index contributed by atoms with van der Waals surface area (Å²) in [6.45, 7) is 0.208. The molecule has 130 valence electrons. The zero-order chi connectivity index (χ0) is 17.8. The average molecular weight is 349 g/mol. The number of aromatic nitrogens is 2. The van der Waals surface area contributed by atoms with Crippen LogP contribution < -0.4 is 19.5 Å². The number of rotatable bonds is 5. The molecule has 1 aliphatic heterocycles. The van der Waals surface area contributed by atoms with Crippen molar-refractivity contribution < 1.29 is 19.0 Å². The smallest absolute Gasteiger partial charge is 0.322 e. The molecule has 1 aliphatic rings. The van der Waals surface area contributed by atoms with Crippen LogP contribution in [0.5, 0.6) is 23.3 Å². The number of hydrogen-bond acceptors (Lipinski definition) is 6. The van der Waals surface area contributed by atoms with Gasteiger partial charge < -0.3 is 19.5 Å². The lowest BCUT2D eigenvalue weighted by atomic mass is 10.1. The number of fused-ring (bicyclic) bond motifs is 1. The first kappa shape index (κ1) is 15.9. The summed E-state index contributed by atoms with van der Waals surface area (Å²) < 4.78 is 16.1. The Morgan fingerprint density at radius 3 is 2.62 bits per heavy atom. The Bertz CT molecular complexity index is 914. The van der Waals surface area contributed by atoms with Gasteiger partial charge in [0.15, 0.2) is 11.5 Å². The second-order valence-corrected chi connectivity index (χ2v) is 5.58. The van der Waals surface area contributed by atoms with Gasteiger partial charge in [0.2, 0.25) is 12.7 Å². The van der Waals surface area contributed by atoms with Crippen LogP contribution in [0.15, 0.2) is 60.9 Å². The Kier molecular flexibility index (Phi) is 4.34. The van der Waals surface area contributed by atoms with Crippen LogP contribution in [0.25, 0.3) is 0 Å². The van der Waals surface area contributed by atoms with Crippen LogP contribution >= 0.6 is 0 Å². The fourth-order valence-corrected chi connectivity index (χ4v) is 2.47. The zero-order valence-electron chi connectivity index (χ0n) is 13.7. The Morgan fingerprint density at radius 1 is 1.04 bits per heavy atom. The lowest BCUT2D eigenvalue weighted by Gasteiger charge is -2.07. The van der Waals surface area contributed by atoms with Crippen LogP contribution in [-0.4, -0.2) is 22.7 Å². The molecule has 7 nitrogen and oxygen atoms in total. The first-order chi connectivity index (χ1) is 12.8. The number of amides is 1. The van der Waals surface area contributed by atoms with Gasteiger partial charge in [-0.25, -0.2) is 9.97 Å². The van der Waals surface area contributed by atoms with E-state index in [2.05, 4.69) is 15.3 Å². The number of anilines is 1. The minimum Gasteiger partial charge on any atom is -0.454 e. The van der Waals surface area contributed by atoms with Crippen molar-refractivity contribution in [3.63, 3.8) is 0 Å². The lowest BCUT2D eigenvalue weighted by Crippen LogP contribution is -2.14. The van der Waals surface area contributed by atoms with E-state index < -0.39 is 0 Å². The molecule has 0 bridgehead atoms. The third-order valence-electron chi connectivity index (χ3n) is 3.67. The van der Waals surface area contributed by atoms with Crippen LogP contribution in [0.3, 0.4) is 0 Å². The quantitative estimate of drug-likeness (QED) is 0.762. The highest BCUT2D eigenvalue weighted by molar-refractivity contribution is 5.92. The van der Waals surface area contributed by atoms with Gasteiger partial charge >= 0.3 is 6.01 Å². The average Bonchev–Trinajstić information content (AvgIpc) is 3.12. The van der Waals surface area contributed by atoms with Gasteiger partial charge in [0.25, 0.3) is 0 Å². The number of carbonyl (C=O) groups is 1. The van der Waals surface area contributed by atoms with E-state index in [1.807, 2.05) is 36.4 Å². The van der Waals surface area contributed by atoms with Gasteiger partial charge in [-0.15, -0.1) is 0 Å². The number of carbonyl (C=O) groups excluding carboxylic acids is 1. The molecule has 2 heterocycles. The number of para-hydroxylation sites is 1. The summed E-state index contributed by atoms with van der Waals surface area (Å²) in [6, 6.07) is 14.9. The third kappa shape index (κ3) is 3.72. The number of benzene rings is 2. The Balaban J connectivity index is 1.35. The largest absolute Gasteiger partial charge is 0.454 e. The highest BCUT2D eigenvalue weighted by atomic mass is 16.7. The van der Waals surface area contributed by atoms with Crippen LogP contribution in [0.2, 0.25) is 0 Å². The number of ether oxygens (including phenoxy) is 3. The molecule has 0 saturated heterocycles. The molecule has 0 saturated carbocycles. The molecule has 1 amide bonds. The third-order valence-corrected chi connectivity index (χ3v) is 3.67. The van der Waals surface area contributed by atoms with Crippen LogP contribution in [0.1, 0.15) is 5.56 Å². The molecule has 7 heteroatoms. The van der Waals surface area contributed by atoms with E-state index in [1.165, 1.54) is 12.4 Å². The number of nitrogens with one attached hydrogen (secondary N) is 1. The molecule has 0 unspecified atom stereocenters. The minimum absolute atomic E-state index is 0.177. The van der Waals surface area contributed by atoms with Crippen molar-refractivity contribution in [1.29, 1.82) is 0 Å². The van der Waals surface area contributed by atoms with Crippen molar-refractivity contribution in [2.24, 2.45) is 0 Å². The predicted molar refractivity (Wildman–Crippen MR) is 93.4 cm³/mol. The molecule has 26 heavy (non-hydrogen) atoms. The van der Waals surface area contributed by atoms with Gasteiger partial charge in [-0.1, -0.05) is 24.3 Å². The zero-order valence-corrected chi connectivity index (χ0v) is 13.7. The lowest BCUT2D eigenvalue weighted by molar-refractivity contribution is -0.115. The summed E-state index contributed by atoms with van der Waals surface area (Å²) in [7, 11) is 0. The molecule has 0 fully saturated rings. The summed E-state index contributed by atoms with van der Waals surface area (Å²) in [4.78, 5) is 20.4. The summed E-state index contributed by atoms with van der Waals surface area (Å²) in [5.74, 6) is 1.81. The SMILES string of the molecule is O=C(Cc1ccc2c(c1)OCO2)Nc1cnc(Oc2ccccc2)nc1. The Hall–Kier alpha value is -3.61. The fraction of sp³-hybridized carbons (Fsp3) is 0.105. The van der Waals surface area contributed by atoms with Gasteiger partial charge in [0, 0.05) is 0 Å². The second kappa shape index (κ2) is 7.10. The molecular weight excluding hydrogens is 334 g/mol. The van der Waals surface area contributed by atoms with Crippen molar-refractivity contribution in [2.75, 3.05) is 12.1 Å². The predicted octanol–water partition coefficient (Wildman–Crippen LogP) is 3.18. The van der Waals surface area contributed by atoms with E-state index in [0.29, 0.717) is 22.9 Å². The molecule has 0 spiro atoms. The Morgan fingerprint density at radius 2 is 1.81 bits per heavy atom. The van der Waals surface area contributed by atoms with Crippen molar-refractivity contribution in [1.82, 2.24) is 9.97 Å². The van der Waals surface area contributed by atoms with Gasteiger partial charge in [0.1, 0.15) is 5.75 Å². The standard InChI is InChI=1S/C19H15N3O4/c23-18(9-13-6-7-16-17(8-13)25-12-24-16)22-14-10-20-19(21-11-14)26-15-4-2-1-3-5-15/h1-8,10-11H,9,12H2,(H,22,23). The normalized spacial score (nSPS) is 11.8. The molecule has 1 aromatic heterocycles. The molecule has 1 N–H and O–H groups in total. The van der Waals surface area contributed by atoms with Crippen molar-refractivity contribution >= 4 is 11.6 Å². The molecule has 0 atom stereocenters. The maximum atomic E-state index is 12.2. The van der Waals surface area contributed by atoms with E-state index in [1.54, 1.807) is 12.1 Å². The first-order valence-electron chi connectivity index (χ1n) is 7.99. The molecule has 4 rings (SSSR count). The van der Waals surface area contributed by atoms with E-state index >= 15 is 0 Å².